The monoisotopic (exact) mass is 161 g/mol. The van der Waals surface area contributed by atoms with E-state index in [9.17, 15) is 0 Å². The minimum Gasteiger partial charge on any atom is -0.382 e. The molecule has 5 nitrogen and oxygen atoms in total. The van der Waals surface area contributed by atoms with E-state index in [-0.39, 0.29) is 5.84 Å². The van der Waals surface area contributed by atoms with Crippen molar-refractivity contribution in [2.24, 2.45) is 5.73 Å². The molecule has 5 heteroatoms. The van der Waals surface area contributed by atoms with Crippen molar-refractivity contribution >= 4 is 11.5 Å². The molecule has 0 fully saturated rings. The molecule has 3 N–H and O–H groups in total. The van der Waals surface area contributed by atoms with Gasteiger partial charge in [0.25, 0.3) is 0 Å². The van der Waals surface area contributed by atoms with Gasteiger partial charge in [0.05, 0.1) is 0 Å². The Morgan fingerprint density at radius 3 is 3.08 bits per heavy atom. The fraction of sp³-hybridized carbons (Fsp3) is 0. The van der Waals surface area contributed by atoms with E-state index in [1.165, 1.54) is 10.8 Å². The van der Waals surface area contributed by atoms with E-state index in [4.69, 9.17) is 11.1 Å². The maximum atomic E-state index is 7.25. The van der Waals surface area contributed by atoms with E-state index >= 15 is 0 Å². The lowest BCUT2D eigenvalue weighted by Gasteiger charge is -1.99. The summed E-state index contributed by atoms with van der Waals surface area (Å²) in [5.41, 5.74) is 6.59. The third kappa shape index (κ3) is 0.833. The summed E-state index contributed by atoms with van der Waals surface area (Å²) in [6, 6.07) is 5.32. The summed E-state index contributed by atoms with van der Waals surface area (Å²) in [5, 5.41) is 11.2. The van der Waals surface area contributed by atoms with E-state index < -0.39 is 0 Å². The number of hydrogen-bond acceptors (Lipinski definition) is 3. The first-order valence-corrected chi connectivity index (χ1v) is 3.42. The smallest absolute Gasteiger partial charge is 0.156 e. The standard InChI is InChI=1S/C7H7N5/c8-7(9)5-2-1-3-6-10-4-11-12(5)6/h1-4H,(H3,8,9). The highest BCUT2D eigenvalue weighted by molar-refractivity contribution is 5.93. The number of aromatic nitrogens is 3. The molecule has 0 bridgehead atoms. The molecule has 0 atom stereocenters. The van der Waals surface area contributed by atoms with Gasteiger partial charge in [-0.25, -0.2) is 9.50 Å². The number of amidine groups is 1. The Morgan fingerprint density at radius 2 is 2.33 bits per heavy atom. The number of rotatable bonds is 1. The zero-order valence-electron chi connectivity index (χ0n) is 6.23. The van der Waals surface area contributed by atoms with Gasteiger partial charge in [0.1, 0.15) is 17.9 Å². The summed E-state index contributed by atoms with van der Waals surface area (Å²) >= 11 is 0. The third-order valence-electron chi connectivity index (χ3n) is 1.58. The van der Waals surface area contributed by atoms with Gasteiger partial charge < -0.3 is 5.73 Å². The maximum absolute atomic E-state index is 7.25. The molecule has 0 aromatic carbocycles. The second-order valence-electron chi connectivity index (χ2n) is 2.35. The quantitative estimate of drug-likeness (QED) is 0.456. The van der Waals surface area contributed by atoms with Crippen LogP contribution in [0.4, 0.5) is 0 Å². The summed E-state index contributed by atoms with van der Waals surface area (Å²) in [4.78, 5) is 3.96. The van der Waals surface area contributed by atoms with Crippen LogP contribution in [-0.2, 0) is 0 Å². The van der Waals surface area contributed by atoms with Crippen molar-refractivity contribution in [1.82, 2.24) is 14.6 Å². The molecule has 12 heavy (non-hydrogen) atoms. The number of pyridine rings is 1. The molecule has 2 heterocycles. The molecular formula is C7H7N5. The Hall–Kier alpha value is -1.91. The number of nitrogens with zero attached hydrogens (tertiary/aromatic N) is 3. The van der Waals surface area contributed by atoms with E-state index in [0.29, 0.717) is 11.3 Å². The molecule has 0 saturated carbocycles. The lowest BCUT2D eigenvalue weighted by atomic mass is 10.3. The fourth-order valence-corrected chi connectivity index (χ4v) is 1.05. The molecule has 0 saturated heterocycles. The van der Waals surface area contributed by atoms with Crippen LogP contribution in [-0.4, -0.2) is 20.4 Å². The van der Waals surface area contributed by atoms with Crippen LogP contribution in [0.5, 0.6) is 0 Å². The normalized spacial score (nSPS) is 10.3. The average molecular weight is 161 g/mol. The number of hydrogen-bond donors (Lipinski definition) is 2. The Kier molecular flexibility index (Phi) is 1.30. The Balaban J connectivity index is 2.82. The van der Waals surface area contributed by atoms with Crippen LogP contribution in [0.15, 0.2) is 24.5 Å². The van der Waals surface area contributed by atoms with Gasteiger partial charge in [-0.05, 0) is 12.1 Å². The van der Waals surface area contributed by atoms with Gasteiger partial charge in [-0.2, -0.15) is 5.10 Å². The van der Waals surface area contributed by atoms with Gasteiger partial charge in [0.15, 0.2) is 5.65 Å². The summed E-state index contributed by atoms with van der Waals surface area (Å²) in [7, 11) is 0. The van der Waals surface area contributed by atoms with Crippen molar-refractivity contribution in [3.05, 3.63) is 30.2 Å². The van der Waals surface area contributed by atoms with Crippen LogP contribution in [0.25, 0.3) is 5.65 Å². The summed E-state index contributed by atoms with van der Waals surface area (Å²) in [6.45, 7) is 0. The molecule has 0 spiro atoms. The van der Waals surface area contributed by atoms with Gasteiger partial charge >= 0.3 is 0 Å². The van der Waals surface area contributed by atoms with Gasteiger partial charge in [0, 0.05) is 0 Å². The van der Waals surface area contributed by atoms with Crippen LogP contribution in [0.1, 0.15) is 5.69 Å². The van der Waals surface area contributed by atoms with Crippen molar-refractivity contribution < 1.29 is 0 Å². The van der Waals surface area contributed by atoms with Crippen molar-refractivity contribution in [3.8, 4) is 0 Å². The second-order valence-corrected chi connectivity index (χ2v) is 2.35. The SMILES string of the molecule is N=C(N)c1cccc2ncnn12. The number of nitrogen functional groups attached to an aromatic ring is 1. The Morgan fingerprint density at radius 1 is 1.50 bits per heavy atom. The van der Waals surface area contributed by atoms with Crippen molar-refractivity contribution in [2.45, 2.75) is 0 Å². The first-order valence-electron chi connectivity index (χ1n) is 3.42. The van der Waals surface area contributed by atoms with Crippen LogP contribution >= 0.6 is 0 Å². The summed E-state index contributed by atoms with van der Waals surface area (Å²) < 4.78 is 1.53. The molecule has 0 amide bonds. The maximum Gasteiger partial charge on any atom is 0.156 e. The first kappa shape index (κ1) is 6.78. The van der Waals surface area contributed by atoms with Gasteiger partial charge in [-0.1, -0.05) is 6.07 Å². The third-order valence-corrected chi connectivity index (χ3v) is 1.58. The van der Waals surface area contributed by atoms with E-state index in [0.717, 1.165) is 0 Å². The van der Waals surface area contributed by atoms with Crippen LogP contribution in [0.3, 0.4) is 0 Å². The largest absolute Gasteiger partial charge is 0.382 e. The fourth-order valence-electron chi connectivity index (χ4n) is 1.05. The van der Waals surface area contributed by atoms with Crippen LogP contribution in [0, 0.1) is 5.41 Å². The summed E-state index contributed by atoms with van der Waals surface area (Å²) in [5.74, 6) is -0.00824. The molecule has 0 radical (unpaired) electrons. The van der Waals surface area contributed by atoms with Crippen molar-refractivity contribution in [1.29, 1.82) is 5.41 Å². The lowest BCUT2D eigenvalue weighted by Crippen LogP contribution is -2.15. The first-order chi connectivity index (χ1) is 5.79. The number of nitrogens with two attached hydrogens (primary N) is 1. The highest BCUT2D eigenvalue weighted by Gasteiger charge is 2.02. The molecule has 0 unspecified atom stereocenters. The van der Waals surface area contributed by atoms with E-state index in [1.807, 2.05) is 0 Å². The van der Waals surface area contributed by atoms with Crippen molar-refractivity contribution in [2.75, 3.05) is 0 Å². The van der Waals surface area contributed by atoms with Gasteiger partial charge in [-0.3, -0.25) is 5.41 Å². The van der Waals surface area contributed by atoms with Gasteiger partial charge in [0.2, 0.25) is 0 Å². The molecule has 0 aliphatic rings. The van der Waals surface area contributed by atoms with Crippen molar-refractivity contribution in [3.63, 3.8) is 0 Å². The number of nitrogens with one attached hydrogen (secondary N) is 1. The highest BCUT2D eigenvalue weighted by Crippen LogP contribution is 2.01. The van der Waals surface area contributed by atoms with Crippen LogP contribution in [0.2, 0.25) is 0 Å². The van der Waals surface area contributed by atoms with E-state index in [2.05, 4.69) is 10.1 Å². The van der Waals surface area contributed by atoms with Gasteiger partial charge in [-0.15, -0.1) is 0 Å². The minimum absolute atomic E-state index is 0.00824. The molecule has 2 aromatic heterocycles. The average Bonchev–Trinajstić information content (AvgIpc) is 2.49. The van der Waals surface area contributed by atoms with Crippen LogP contribution < -0.4 is 5.73 Å². The predicted octanol–water partition coefficient (Wildman–Crippen LogP) is 0.0134. The Bertz CT molecular complexity index is 430. The molecule has 60 valence electrons. The highest BCUT2D eigenvalue weighted by atomic mass is 15.3. The predicted molar refractivity (Wildman–Crippen MR) is 44.0 cm³/mol. The molecule has 0 aliphatic heterocycles. The minimum atomic E-state index is -0.00824. The molecular weight excluding hydrogens is 154 g/mol. The zero-order valence-corrected chi connectivity index (χ0v) is 6.23. The zero-order chi connectivity index (χ0) is 8.55. The molecule has 2 rings (SSSR count). The number of fused-ring (bicyclic) bond motifs is 1. The molecule has 0 aliphatic carbocycles. The van der Waals surface area contributed by atoms with E-state index in [1.54, 1.807) is 18.2 Å². The topological polar surface area (TPSA) is 80.1 Å². The lowest BCUT2D eigenvalue weighted by molar-refractivity contribution is 0.943. The second kappa shape index (κ2) is 2.30. The molecule has 2 aromatic rings. The Labute approximate surface area is 68.3 Å². The summed E-state index contributed by atoms with van der Waals surface area (Å²) in [6.07, 6.45) is 1.43.